The average Bonchev–Trinajstić information content (AvgIpc) is 3.28. The van der Waals surface area contributed by atoms with Crippen molar-refractivity contribution < 1.29 is 26.7 Å². The van der Waals surface area contributed by atoms with E-state index in [1.54, 1.807) is 38.1 Å². The Morgan fingerprint density at radius 2 is 1.80 bits per heavy atom. The molecule has 1 amide bonds. The highest BCUT2D eigenvalue weighted by Crippen LogP contribution is 2.33. The molecule has 1 heterocycles. The fraction of sp³-hybridized carbons (Fsp3) is 0.290. The van der Waals surface area contributed by atoms with Gasteiger partial charge in [0, 0.05) is 12.1 Å². The Balaban J connectivity index is 1.90. The standard InChI is InChI=1S/C31H29F5N6O2/c1-19(2)27(40(13-5-12-37)29(43)22-10-11-25(26(33)15-22)31(34,35)36)28-39-42(24-9-4-8-23(32)16-24)30(44)41(28)18-21-7-3-6-20(14-21)17-38/h3-4,6-11,14-16,19,27H,5,12-13,18,37H2,1-2H3. The molecule has 230 valence electrons. The zero-order chi connectivity index (χ0) is 32.2. The summed E-state index contributed by atoms with van der Waals surface area (Å²) in [4.78, 5) is 29.0. The van der Waals surface area contributed by atoms with Crippen molar-refractivity contribution in [1.82, 2.24) is 19.2 Å². The lowest BCUT2D eigenvalue weighted by atomic mass is 9.99. The van der Waals surface area contributed by atoms with Crippen LogP contribution in [0.3, 0.4) is 0 Å². The first-order valence-corrected chi connectivity index (χ1v) is 13.7. The Hall–Kier alpha value is -4.83. The molecular weight excluding hydrogens is 583 g/mol. The second kappa shape index (κ2) is 13.2. The van der Waals surface area contributed by atoms with Crippen LogP contribution in [0.15, 0.2) is 71.5 Å². The molecule has 1 atom stereocenters. The Labute approximate surface area is 249 Å². The van der Waals surface area contributed by atoms with Crippen LogP contribution < -0.4 is 11.4 Å². The molecule has 3 aromatic carbocycles. The summed E-state index contributed by atoms with van der Waals surface area (Å²) in [5, 5.41) is 13.9. The minimum Gasteiger partial charge on any atom is -0.330 e. The number of alkyl halides is 3. The molecule has 1 aromatic heterocycles. The van der Waals surface area contributed by atoms with Crippen LogP contribution in [0.25, 0.3) is 5.69 Å². The van der Waals surface area contributed by atoms with Gasteiger partial charge in [-0.1, -0.05) is 32.0 Å². The first kappa shape index (κ1) is 32.1. The van der Waals surface area contributed by atoms with Gasteiger partial charge in [0.25, 0.3) is 5.91 Å². The number of halogens is 5. The van der Waals surface area contributed by atoms with E-state index in [0.717, 1.165) is 16.8 Å². The number of nitriles is 1. The average molecular weight is 613 g/mol. The fourth-order valence-corrected chi connectivity index (χ4v) is 4.95. The minimum atomic E-state index is -4.95. The van der Waals surface area contributed by atoms with Gasteiger partial charge in [-0.25, -0.2) is 13.6 Å². The molecule has 0 aliphatic heterocycles. The van der Waals surface area contributed by atoms with Crippen LogP contribution in [0.5, 0.6) is 0 Å². The van der Waals surface area contributed by atoms with Gasteiger partial charge >= 0.3 is 11.9 Å². The summed E-state index contributed by atoms with van der Waals surface area (Å²) in [6.07, 6.45) is -4.68. The summed E-state index contributed by atoms with van der Waals surface area (Å²) in [5.74, 6) is -3.35. The quantitative estimate of drug-likeness (QED) is 0.240. The van der Waals surface area contributed by atoms with E-state index >= 15 is 0 Å². The van der Waals surface area contributed by atoms with Crippen LogP contribution >= 0.6 is 0 Å². The Morgan fingerprint density at radius 1 is 1.07 bits per heavy atom. The highest BCUT2D eigenvalue weighted by Gasteiger charge is 2.37. The van der Waals surface area contributed by atoms with Gasteiger partial charge in [-0.3, -0.25) is 9.36 Å². The smallest absolute Gasteiger partial charge is 0.330 e. The minimum absolute atomic E-state index is 0.00571. The summed E-state index contributed by atoms with van der Waals surface area (Å²) >= 11 is 0. The summed E-state index contributed by atoms with van der Waals surface area (Å²) in [5.41, 5.74) is 4.27. The largest absolute Gasteiger partial charge is 0.419 e. The molecule has 8 nitrogen and oxygen atoms in total. The molecule has 0 fully saturated rings. The van der Waals surface area contributed by atoms with Crippen molar-refractivity contribution in [3.05, 3.63) is 117 Å². The number of nitrogens with zero attached hydrogens (tertiary/aromatic N) is 5. The number of amides is 1. The zero-order valence-corrected chi connectivity index (χ0v) is 23.9. The Morgan fingerprint density at radius 3 is 2.41 bits per heavy atom. The molecule has 44 heavy (non-hydrogen) atoms. The highest BCUT2D eigenvalue weighted by atomic mass is 19.4. The molecule has 0 saturated carbocycles. The molecule has 0 aliphatic rings. The number of carbonyl (C=O) groups is 1. The van der Waals surface area contributed by atoms with Gasteiger partial charge < -0.3 is 10.6 Å². The Kier molecular flexibility index (Phi) is 9.64. The lowest BCUT2D eigenvalue weighted by Crippen LogP contribution is -2.41. The molecule has 4 rings (SSSR count). The maximum atomic E-state index is 14.5. The molecule has 13 heteroatoms. The molecule has 1 unspecified atom stereocenters. The molecule has 0 saturated heterocycles. The third-order valence-electron chi connectivity index (χ3n) is 6.96. The summed E-state index contributed by atoms with van der Waals surface area (Å²) in [7, 11) is 0. The van der Waals surface area contributed by atoms with E-state index in [1.165, 1.54) is 27.7 Å². The second-order valence-electron chi connectivity index (χ2n) is 10.5. The predicted octanol–water partition coefficient (Wildman–Crippen LogP) is 5.44. The zero-order valence-electron chi connectivity index (χ0n) is 23.9. The number of nitrogens with two attached hydrogens (primary N) is 1. The summed E-state index contributed by atoms with van der Waals surface area (Å²) < 4.78 is 70.6. The molecule has 4 aromatic rings. The van der Waals surface area contributed by atoms with Crippen LogP contribution in [0.2, 0.25) is 0 Å². The van der Waals surface area contributed by atoms with E-state index in [2.05, 4.69) is 5.10 Å². The monoisotopic (exact) mass is 612 g/mol. The number of benzene rings is 3. The lowest BCUT2D eigenvalue weighted by Gasteiger charge is -2.34. The van der Waals surface area contributed by atoms with Crippen LogP contribution in [0.1, 0.15) is 59.2 Å². The van der Waals surface area contributed by atoms with E-state index in [4.69, 9.17) is 5.73 Å². The first-order valence-electron chi connectivity index (χ1n) is 13.7. The van der Waals surface area contributed by atoms with Crippen molar-refractivity contribution in [2.45, 2.75) is 39.0 Å². The summed E-state index contributed by atoms with van der Waals surface area (Å²) in [6.45, 7) is 3.60. The summed E-state index contributed by atoms with van der Waals surface area (Å²) in [6, 6.07) is 14.7. The van der Waals surface area contributed by atoms with Crippen molar-refractivity contribution in [2.24, 2.45) is 11.7 Å². The van der Waals surface area contributed by atoms with Gasteiger partial charge in [0.2, 0.25) is 0 Å². The van der Waals surface area contributed by atoms with Crippen molar-refractivity contribution in [3.8, 4) is 11.8 Å². The van der Waals surface area contributed by atoms with Crippen molar-refractivity contribution in [2.75, 3.05) is 13.1 Å². The number of hydrogen-bond acceptors (Lipinski definition) is 5. The van der Waals surface area contributed by atoms with E-state index in [-0.39, 0.29) is 43.1 Å². The topological polar surface area (TPSA) is 110 Å². The third kappa shape index (κ3) is 6.86. The van der Waals surface area contributed by atoms with Gasteiger partial charge in [-0.2, -0.15) is 23.1 Å². The van der Waals surface area contributed by atoms with Gasteiger partial charge in [0.05, 0.1) is 35.5 Å². The maximum absolute atomic E-state index is 14.5. The fourth-order valence-electron chi connectivity index (χ4n) is 4.95. The van der Waals surface area contributed by atoms with E-state index in [9.17, 15) is 36.8 Å². The lowest BCUT2D eigenvalue weighted by molar-refractivity contribution is -0.140. The Bertz CT molecular complexity index is 1760. The van der Waals surface area contributed by atoms with Crippen molar-refractivity contribution in [1.29, 1.82) is 5.26 Å². The third-order valence-corrected chi connectivity index (χ3v) is 6.96. The van der Waals surface area contributed by atoms with E-state index < -0.39 is 46.9 Å². The molecular formula is C31H29F5N6O2. The van der Waals surface area contributed by atoms with Gasteiger partial charge in [-0.05, 0) is 73.0 Å². The number of carbonyl (C=O) groups excluding carboxylic acids is 1. The normalized spacial score (nSPS) is 12.3. The number of hydrogen-bond donors (Lipinski definition) is 1. The van der Waals surface area contributed by atoms with Crippen LogP contribution in [0.4, 0.5) is 22.0 Å². The van der Waals surface area contributed by atoms with Crippen LogP contribution in [-0.4, -0.2) is 38.2 Å². The van der Waals surface area contributed by atoms with Gasteiger partial charge in [-0.15, -0.1) is 5.10 Å². The number of aromatic nitrogens is 3. The van der Waals surface area contributed by atoms with E-state index in [0.29, 0.717) is 23.3 Å². The van der Waals surface area contributed by atoms with Crippen LogP contribution in [-0.2, 0) is 12.7 Å². The van der Waals surface area contributed by atoms with E-state index in [1.807, 2.05) is 6.07 Å². The van der Waals surface area contributed by atoms with Gasteiger partial charge in [0.1, 0.15) is 11.6 Å². The van der Waals surface area contributed by atoms with Crippen molar-refractivity contribution in [3.63, 3.8) is 0 Å². The second-order valence-corrected chi connectivity index (χ2v) is 10.5. The van der Waals surface area contributed by atoms with Crippen LogP contribution in [0, 0.1) is 28.9 Å². The highest BCUT2D eigenvalue weighted by molar-refractivity contribution is 5.94. The van der Waals surface area contributed by atoms with Crippen molar-refractivity contribution >= 4 is 5.91 Å². The SMILES string of the molecule is CC(C)C(c1nn(-c2cccc(F)c2)c(=O)n1Cc1cccc(C#N)c1)N(CCCN)C(=O)c1ccc(C(F)(F)F)c(F)c1. The predicted molar refractivity (Wildman–Crippen MR) is 152 cm³/mol. The maximum Gasteiger partial charge on any atom is 0.419 e. The molecule has 0 spiro atoms. The first-order chi connectivity index (χ1) is 20.8. The molecule has 0 radical (unpaired) electrons. The molecule has 2 N–H and O–H groups in total. The molecule has 0 bridgehead atoms. The molecule has 0 aliphatic carbocycles. The number of rotatable bonds is 10. The van der Waals surface area contributed by atoms with Gasteiger partial charge in [0.15, 0.2) is 5.82 Å².